The molecule has 1 unspecified atom stereocenters. The van der Waals surface area contributed by atoms with Crippen molar-refractivity contribution in [3.8, 4) is 0 Å². The topological polar surface area (TPSA) is 43.1 Å². The third kappa shape index (κ3) is 2.18. The van der Waals surface area contributed by atoms with E-state index in [1.54, 1.807) is 11.6 Å². The summed E-state index contributed by atoms with van der Waals surface area (Å²) >= 11 is 7.17. The number of nitrogen functional groups attached to an aromatic ring is 1. The summed E-state index contributed by atoms with van der Waals surface area (Å²) in [5, 5.41) is 1.77. The Kier molecular flexibility index (Phi) is 2.92. The Labute approximate surface area is 76.8 Å². The fourth-order valence-electron chi connectivity index (χ4n) is 0.714. The molecule has 5 heteroatoms. The van der Waals surface area contributed by atoms with Gasteiger partial charge < -0.3 is 5.73 Å². The lowest BCUT2D eigenvalue weighted by Crippen LogP contribution is -1.95. The molecule has 1 heterocycles. The molecule has 1 aromatic heterocycles. The molecule has 1 aromatic rings. The molecule has 0 spiro atoms. The minimum Gasteiger partial charge on any atom is -0.398 e. The highest BCUT2D eigenvalue weighted by molar-refractivity contribution is 7.83. The first-order chi connectivity index (χ1) is 5.11. The molecule has 62 valence electrons. The predicted octanol–water partition coefficient (Wildman–Crippen LogP) is 1.86. The summed E-state index contributed by atoms with van der Waals surface area (Å²) in [5.74, 6) is 0.453. The Morgan fingerprint density at radius 1 is 1.82 bits per heavy atom. The first-order valence-electron chi connectivity index (χ1n) is 2.92. The fraction of sp³-hybridized carbons (Fsp3) is 0.333. The van der Waals surface area contributed by atoms with Crippen LogP contribution in [0.2, 0.25) is 4.34 Å². The summed E-state index contributed by atoms with van der Waals surface area (Å²) in [6.07, 6.45) is 1.63. The molecule has 0 aliphatic rings. The highest BCUT2D eigenvalue weighted by Gasteiger charge is 2.08. The van der Waals surface area contributed by atoms with Crippen LogP contribution in [0.5, 0.6) is 0 Å². The Morgan fingerprint density at radius 2 is 2.45 bits per heavy atom. The smallest absolute Gasteiger partial charge is 0.0991 e. The van der Waals surface area contributed by atoms with E-state index in [9.17, 15) is 4.21 Å². The Morgan fingerprint density at radius 3 is 2.82 bits per heavy atom. The first-order valence-corrected chi connectivity index (χ1v) is 5.91. The Bertz CT molecular complexity index is 265. The molecule has 0 aromatic carbocycles. The molecule has 2 nitrogen and oxygen atoms in total. The van der Waals surface area contributed by atoms with Crippen LogP contribution in [0.1, 0.15) is 5.56 Å². The fourth-order valence-corrected chi connectivity index (χ4v) is 2.62. The number of halogens is 1. The van der Waals surface area contributed by atoms with E-state index in [-0.39, 0.29) is 0 Å². The zero-order chi connectivity index (χ0) is 8.43. The van der Waals surface area contributed by atoms with Gasteiger partial charge in [-0.1, -0.05) is 11.6 Å². The van der Waals surface area contributed by atoms with Crippen molar-refractivity contribution in [1.82, 2.24) is 0 Å². The predicted molar refractivity (Wildman–Crippen MR) is 51.5 cm³/mol. The van der Waals surface area contributed by atoms with Crippen molar-refractivity contribution < 1.29 is 4.21 Å². The molecule has 0 radical (unpaired) electrons. The van der Waals surface area contributed by atoms with Crippen LogP contribution in [0.3, 0.4) is 0 Å². The van der Waals surface area contributed by atoms with Crippen LogP contribution in [-0.2, 0) is 16.6 Å². The van der Waals surface area contributed by atoms with Crippen molar-refractivity contribution in [2.75, 3.05) is 12.0 Å². The molecule has 0 saturated heterocycles. The van der Waals surface area contributed by atoms with Gasteiger partial charge in [-0.3, -0.25) is 4.21 Å². The van der Waals surface area contributed by atoms with Gasteiger partial charge in [-0.2, -0.15) is 0 Å². The van der Waals surface area contributed by atoms with E-state index in [2.05, 4.69) is 0 Å². The van der Waals surface area contributed by atoms with E-state index in [0.29, 0.717) is 15.8 Å². The minimum absolute atomic E-state index is 0.453. The van der Waals surface area contributed by atoms with Crippen molar-refractivity contribution in [3.63, 3.8) is 0 Å². The lowest BCUT2D eigenvalue weighted by atomic mass is 10.3. The number of hydrogen-bond acceptors (Lipinski definition) is 3. The van der Waals surface area contributed by atoms with Gasteiger partial charge in [0.25, 0.3) is 0 Å². The zero-order valence-electron chi connectivity index (χ0n) is 5.96. The molecular formula is C6H8ClNOS2. The SMILES string of the molecule is CS(=O)Cc1c(N)csc1Cl. The molecular weight excluding hydrogens is 202 g/mol. The maximum Gasteiger partial charge on any atom is 0.0991 e. The molecule has 0 bridgehead atoms. The van der Waals surface area contributed by atoms with Gasteiger partial charge in [-0.15, -0.1) is 11.3 Å². The summed E-state index contributed by atoms with van der Waals surface area (Å²) in [4.78, 5) is 0. The van der Waals surface area contributed by atoms with Crippen molar-refractivity contribution in [2.24, 2.45) is 0 Å². The normalized spacial score (nSPS) is 13.3. The van der Waals surface area contributed by atoms with Crippen LogP contribution in [0.15, 0.2) is 5.38 Å². The Balaban J connectivity index is 2.92. The van der Waals surface area contributed by atoms with Crippen LogP contribution in [-0.4, -0.2) is 10.5 Å². The minimum atomic E-state index is -0.873. The van der Waals surface area contributed by atoms with Crippen molar-refractivity contribution in [3.05, 3.63) is 15.3 Å². The summed E-state index contributed by atoms with van der Waals surface area (Å²) in [6.45, 7) is 0. The number of thiophene rings is 1. The molecule has 0 aliphatic heterocycles. The molecule has 1 atom stereocenters. The average Bonchev–Trinajstić information content (AvgIpc) is 2.18. The quantitative estimate of drug-likeness (QED) is 0.808. The van der Waals surface area contributed by atoms with Gasteiger partial charge in [0.1, 0.15) is 0 Å². The Hall–Kier alpha value is -0.0600. The van der Waals surface area contributed by atoms with E-state index in [4.69, 9.17) is 17.3 Å². The van der Waals surface area contributed by atoms with E-state index in [1.165, 1.54) is 11.3 Å². The molecule has 2 N–H and O–H groups in total. The third-order valence-electron chi connectivity index (χ3n) is 1.22. The van der Waals surface area contributed by atoms with Crippen LogP contribution in [0.25, 0.3) is 0 Å². The van der Waals surface area contributed by atoms with Gasteiger partial charge in [0.15, 0.2) is 0 Å². The largest absolute Gasteiger partial charge is 0.398 e. The molecule has 1 rings (SSSR count). The van der Waals surface area contributed by atoms with Gasteiger partial charge in [0, 0.05) is 33.7 Å². The van der Waals surface area contributed by atoms with Crippen LogP contribution >= 0.6 is 22.9 Å². The summed E-state index contributed by atoms with van der Waals surface area (Å²) in [5.41, 5.74) is 7.05. The molecule has 0 amide bonds. The number of hydrogen-bond donors (Lipinski definition) is 1. The maximum atomic E-state index is 10.8. The molecule has 0 aliphatic carbocycles. The number of rotatable bonds is 2. The van der Waals surface area contributed by atoms with Crippen LogP contribution in [0.4, 0.5) is 5.69 Å². The van der Waals surface area contributed by atoms with Crippen LogP contribution < -0.4 is 5.73 Å². The van der Waals surface area contributed by atoms with E-state index >= 15 is 0 Å². The lowest BCUT2D eigenvalue weighted by molar-refractivity contribution is 0.686. The van der Waals surface area contributed by atoms with E-state index in [1.807, 2.05) is 0 Å². The van der Waals surface area contributed by atoms with E-state index in [0.717, 1.165) is 5.56 Å². The van der Waals surface area contributed by atoms with Crippen molar-refractivity contribution in [2.45, 2.75) is 5.75 Å². The molecule has 0 saturated carbocycles. The van der Waals surface area contributed by atoms with E-state index < -0.39 is 10.8 Å². The van der Waals surface area contributed by atoms with Gasteiger partial charge in [0.2, 0.25) is 0 Å². The summed E-state index contributed by atoms with van der Waals surface area (Å²) < 4.78 is 11.5. The maximum absolute atomic E-state index is 10.8. The zero-order valence-corrected chi connectivity index (χ0v) is 8.35. The second kappa shape index (κ2) is 3.56. The third-order valence-corrected chi connectivity index (χ3v) is 3.24. The number of anilines is 1. The van der Waals surface area contributed by atoms with Gasteiger partial charge in [-0.25, -0.2) is 0 Å². The molecule has 0 fully saturated rings. The average molecular weight is 210 g/mol. The van der Waals surface area contributed by atoms with Gasteiger partial charge in [-0.05, 0) is 0 Å². The second-order valence-corrected chi connectivity index (χ2v) is 5.08. The number of nitrogens with two attached hydrogens (primary N) is 1. The lowest BCUT2D eigenvalue weighted by Gasteiger charge is -1.96. The molecule has 11 heavy (non-hydrogen) atoms. The van der Waals surface area contributed by atoms with Crippen molar-refractivity contribution in [1.29, 1.82) is 0 Å². The highest BCUT2D eigenvalue weighted by Crippen LogP contribution is 2.30. The van der Waals surface area contributed by atoms with Crippen LogP contribution in [0, 0.1) is 0 Å². The summed E-state index contributed by atoms with van der Waals surface area (Å²) in [7, 11) is -0.873. The summed E-state index contributed by atoms with van der Waals surface area (Å²) in [6, 6.07) is 0. The standard InChI is InChI=1S/C6H8ClNOS2/c1-11(9)3-4-5(8)2-10-6(4)7/h2H,3,8H2,1H3. The first kappa shape index (κ1) is 9.03. The van der Waals surface area contributed by atoms with Crippen molar-refractivity contribution >= 4 is 39.4 Å². The highest BCUT2D eigenvalue weighted by atomic mass is 35.5. The second-order valence-electron chi connectivity index (χ2n) is 2.16. The monoisotopic (exact) mass is 209 g/mol. The van der Waals surface area contributed by atoms with Gasteiger partial charge in [0.05, 0.1) is 10.1 Å². The van der Waals surface area contributed by atoms with Gasteiger partial charge >= 0.3 is 0 Å².